The largest absolute Gasteiger partial charge is 0.465 e. The van der Waals surface area contributed by atoms with Gasteiger partial charge in [-0.05, 0) is 65.5 Å². The third-order valence-corrected chi connectivity index (χ3v) is 5.71. The standard InChI is InChI=1S/C23H28FNO2/c1-4-5-6-15-7-9-16(10-8-15)18-13-17-11-12-23(2,3)21(25-22(26)27)19(17)14-20(18)24/h7-10,13-14,21,25H,4-6,11-12H2,1-3H3,(H,26,27)/t21-/m0/s1. The highest BCUT2D eigenvalue weighted by Gasteiger charge is 2.37. The van der Waals surface area contributed by atoms with Crippen molar-refractivity contribution in [2.24, 2.45) is 5.41 Å². The summed E-state index contributed by atoms with van der Waals surface area (Å²) in [5.74, 6) is -0.301. The Labute approximate surface area is 160 Å². The van der Waals surface area contributed by atoms with Crippen LogP contribution in [0.3, 0.4) is 0 Å². The number of aryl methyl sites for hydroxylation is 2. The zero-order valence-electron chi connectivity index (χ0n) is 16.3. The Balaban J connectivity index is 1.95. The van der Waals surface area contributed by atoms with Crippen molar-refractivity contribution in [3.63, 3.8) is 0 Å². The maximum atomic E-state index is 15.0. The van der Waals surface area contributed by atoms with Gasteiger partial charge in [-0.15, -0.1) is 0 Å². The third kappa shape index (κ3) is 4.15. The van der Waals surface area contributed by atoms with Gasteiger partial charge in [0.05, 0.1) is 6.04 Å². The van der Waals surface area contributed by atoms with Crippen LogP contribution in [-0.4, -0.2) is 11.2 Å². The molecule has 2 N–H and O–H groups in total. The summed E-state index contributed by atoms with van der Waals surface area (Å²) >= 11 is 0. The number of hydrogen-bond acceptors (Lipinski definition) is 1. The first-order chi connectivity index (χ1) is 12.8. The van der Waals surface area contributed by atoms with Crippen molar-refractivity contribution in [2.45, 2.75) is 58.9 Å². The van der Waals surface area contributed by atoms with Crippen LogP contribution in [0, 0.1) is 11.2 Å². The van der Waals surface area contributed by atoms with Crippen molar-refractivity contribution in [1.82, 2.24) is 5.32 Å². The first kappa shape index (κ1) is 19.4. The van der Waals surface area contributed by atoms with Gasteiger partial charge in [0.2, 0.25) is 0 Å². The Hall–Kier alpha value is -2.36. The molecule has 0 saturated heterocycles. The van der Waals surface area contributed by atoms with E-state index in [9.17, 15) is 14.3 Å². The number of rotatable bonds is 5. The van der Waals surface area contributed by atoms with E-state index in [4.69, 9.17) is 0 Å². The predicted octanol–water partition coefficient (Wildman–Crippen LogP) is 6.12. The molecule has 4 heteroatoms. The summed E-state index contributed by atoms with van der Waals surface area (Å²) in [7, 11) is 0. The van der Waals surface area contributed by atoms with Gasteiger partial charge < -0.3 is 10.4 Å². The molecule has 144 valence electrons. The van der Waals surface area contributed by atoms with Crippen LogP contribution < -0.4 is 5.32 Å². The quantitative estimate of drug-likeness (QED) is 0.667. The number of unbranched alkanes of at least 4 members (excludes halogenated alkanes) is 1. The summed E-state index contributed by atoms with van der Waals surface area (Å²) < 4.78 is 15.0. The van der Waals surface area contributed by atoms with Crippen LogP contribution >= 0.6 is 0 Å². The molecule has 0 spiro atoms. The molecule has 0 saturated carbocycles. The van der Waals surface area contributed by atoms with E-state index in [1.807, 2.05) is 32.0 Å². The molecule has 1 atom stereocenters. The normalized spacial score (nSPS) is 18.0. The smallest absolute Gasteiger partial charge is 0.405 e. The molecule has 0 bridgehead atoms. The molecule has 0 unspecified atom stereocenters. The SMILES string of the molecule is CCCCc1ccc(-c2cc3c(cc2F)[C@H](NC(=O)O)C(C)(C)CC3)cc1. The molecule has 0 aliphatic heterocycles. The summed E-state index contributed by atoms with van der Waals surface area (Å²) in [4.78, 5) is 11.2. The van der Waals surface area contributed by atoms with E-state index in [0.29, 0.717) is 5.56 Å². The molecule has 0 fully saturated rings. The topological polar surface area (TPSA) is 49.3 Å². The molecular weight excluding hydrogens is 341 g/mol. The summed E-state index contributed by atoms with van der Waals surface area (Å²) in [5.41, 5.74) is 4.26. The van der Waals surface area contributed by atoms with Gasteiger partial charge in [-0.25, -0.2) is 9.18 Å². The lowest BCUT2D eigenvalue weighted by molar-refractivity contribution is 0.161. The van der Waals surface area contributed by atoms with E-state index in [0.717, 1.165) is 48.8 Å². The van der Waals surface area contributed by atoms with E-state index in [1.54, 1.807) is 0 Å². The molecule has 0 radical (unpaired) electrons. The van der Waals surface area contributed by atoms with E-state index in [1.165, 1.54) is 11.6 Å². The number of halogens is 1. The lowest BCUT2D eigenvalue weighted by Crippen LogP contribution is -2.40. The minimum absolute atomic E-state index is 0.250. The number of fused-ring (bicyclic) bond motifs is 1. The van der Waals surface area contributed by atoms with Gasteiger partial charge >= 0.3 is 6.09 Å². The van der Waals surface area contributed by atoms with Crippen LogP contribution in [-0.2, 0) is 12.8 Å². The van der Waals surface area contributed by atoms with E-state index in [2.05, 4.69) is 24.4 Å². The number of carboxylic acid groups (broad SMARTS) is 1. The fraction of sp³-hybridized carbons (Fsp3) is 0.435. The molecule has 27 heavy (non-hydrogen) atoms. The van der Waals surface area contributed by atoms with Gasteiger partial charge in [-0.3, -0.25) is 0 Å². The fourth-order valence-corrected chi connectivity index (χ4v) is 3.99. The number of nitrogens with one attached hydrogen (secondary N) is 1. The van der Waals surface area contributed by atoms with Crippen molar-refractivity contribution in [3.8, 4) is 11.1 Å². The molecular formula is C23H28FNO2. The zero-order chi connectivity index (χ0) is 19.6. The van der Waals surface area contributed by atoms with Crippen LogP contribution in [0.5, 0.6) is 0 Å². The second-order valence-electron chi connectivity index (χ2n) is 8.20. The highest BCUT2D eigenvalue weighted by Crippen LogP contribution is 2.45. The molecule has 2 aromatic rings. The zero-order valence-corrected chi connectivity index (χ0v) is 16.3. The Morgan fingerprint density at radius 1 is 1.26 bits per heavy atom. The van der Waals surface area contributed by atoms with Crippen LogP contribution in [0.2, 0.25) is 0 Å². The number of amides is 1. The van der Waals surface area contributed by atoms with Crippen molar-refractivity contribution < 1.29 is 14.3 Å². The molecule has 0 aromatic heterocycles. The minimum Gasteiger partial charge on any atom is -0.465 e. The van der Waals surface area contributed by atoms with Gasteiger partial charge in [-0.1, -0.05) is 51.5 Å². The molecule has 1 aliphatic rings. The van der Waals surface area contributed by atoms with Gasteiger partial charge in [-0.2, -0.15) is 0 Å². The molecule has 3 rings (SSSR count). The Bertz CT molecular complexity index is 827. The van der Waals surface area contributed by atoms with Gasteiger partial charge in [0, 0.05) is 5.56 Å². The maximum absolute atomic E-state index is 15.0. The van der Waals surface area contributed by atoms with Crippen LogP contribution in [0.15, 0.2) is 36.4 Å². The third-order valence-electron chi connectivity index (χ3n) is 5.71. The molecule has 1 amide bonds. The van der Waals surface area contributed by atoms with Gasteiger partial charge in [0.25, 0.3) is 0 Å². The molecule has 0 heterocycles. The minimum atomic E-state index is -1.08. The highest BCUT2D eigenvalue weighted by atomic mass is 19.1. The second kappa shape index (κ2) is 7.71. The van der Waals surface area contributed by atoms with Crippen molar-refractivity contribution >= 4 is 6.09 Å². The molecule has 2 aromatic carbocycles. The average Bonchev–Trinajstić information content (AvgIpc) is 2.62. The van der Waals surface area contributed by atoms with Crippen LogP contribution in [0.4, 0.5) is 9.18 Å². The van der Waals surface area contributed by atoms with E-state index in [-0.39, 0.29) is 11.2 Å². The summed E-state index contributed by atoms with van der Waals surface area (Å²) in [6, 6.07) is 11.1. The number of benzene rings is 2. The van der Waals surface area contributed by atoms with Gasteiger partial charge in [0.15, 0.2) is 0 Å². The van der Waals surface area contributed by atoms with Crippen LogP contribution in [0.25, 0.3) is 11.1 Å². The predicted molar refractivity (Wildman–Crippen MR) is 106 cm³/mol. The lowest BCUT2D eigenvalue weighted by atomic mass is 9.70. The van der Waals surface area contributed by atoms with Crippen molar-refractivity contribution in [1.29, 1.82) is 0 Å². The fourth-order valence-electron chi connectivity index (χ4n) is 3.99. The Morgan fingerprint density at radius 3 is 2.59 bits per heavy atom. The number of hydrogen-bond donors (Lipinski definition) is 2. The molecule has 3 nitrogen and oxygen atoms in total. The Kier molecular flexibility index (Phi) is 5.54. The summed E-state index contributed by atoms with van der Waals surface area (Å²) in [5, 5.41) is 11.8. The van der Waals surface area contributed by atoms with E-state index < -0.39 is 12.1 Å². The molecule has 1 aliphatic carbocycles. The van der Waals surface area contributed by atoms with Crippen LogP contribution in [0.1, 0.15) is 62.8 Å². The Morgan fingerprint density at radius 2 is 1.96 bits per heavy atom. The first-order valence-corrected chi connectivity index (χ1v) is 9.73. The highest BCUT2D eigenvalue weighted by molar-refractivity contribution is 5.68. The van der Waals surface area contributed by atoms with E-state index >= 15 is 0 Å². The first-order valence-electron chi connectivity index (χ1n) is 9.73. The number of carbonyl (C=O) groups is 1. The van der Waals surface area contributed by atoms with Crippen molar-refractivity contribution in [3.05, 3.63) is 58.9 Å². The lowest BCUT2D eigenvalue weighted by Gasteiger charge is -2.40. The van der Waals surface area contributed by atoms with Crippen molar-refractivity contribution in [2.75, 3.05) is 0 Å². The average molecular weight is 369 g/mol. The second-order valence-corrected chi connectivity index (χ2v) is 8.20. The summed E-state index contributed by atoms with van der Waals surface area (Å²) in [6.07, 6.45) is 3.95. The van der Waals surface area contributed by atoms with Gasteiger partial charge in [0.1, 0.15) is 5.82 Å². The summed E-state index contributed by atoms with van der Waals surface area (Å²) in [6.45, 7) is 6.22. The monoisotopic (exact) mass is 369 g/mol. The maximum Gasteiger partial charge on any atom is 0.405 e.